The maximum absolute atomic E-state index is 12.0. The van der Waals surface area contributed by atoms with Gasteiger partial charge >= 0.3 is 24.0 Å². The van der Waals surface area contributed by atoms with Gasteiger partial charge in [0, 0.05) is 5.56 Å². The summed E-state index contributed by atoms with van der Waals surface area (Å²) in [5.74, 6) is -0.972. The summed E-state index contributed by atoms with van der Waals surface area (Å²) in [5.41, 5.74) is 0.137. The molecule has 0 amide bonds. The van der Waals surface area contributed by atoms with Crippen LogP contribution in [0.1, 0.15) is 27.6 Å². The van der Waals surface area contributed by atoms with Crippen molar-refractivity contribution in [3.05, 3.63) is 29.3 Å². The predicted molar refractivity (Wildman–Crippen MR) is 80.8 cm³/mol. The van der Waals surface area contributed by atoms with Crippen LogP contribution in [0.15, 0.2) is 18.2 Å². The van der Waals surface area contributed by atoms with Crippen molar-refractivity contribution in [2.45, 2.75) is 6.92 Å². The number of ketones is 1. The van der Waals surface area contributed by atoms with Gasteiger partial charge in [-0.05, 0) is 13.0 Å². The number of hydrogen-bond donors (Lipinski definition) is 0. The van der Waals surface area contributed by atoms with Crippen molar-refractivity contribution < 1.29 is 28.5 Å². The Labute approximate surface area is 137 Å². The molecule has 9 nitrogen and oxygen atoms in total. The van der Waals surface area contributed by atoms with Gasteiger partial charge in [0.1, 0.15) is 11.3 Å². The number of benzene rings is 1. The minimum Gasteiger partial charge on any atom is -0.467 e. The van der Waals surface area contributed by atoms with E-state index in [0.717, 1.165) is 0 Å². The lowest BCUT2D eigenvalue weighted by Crippen LogP contribution is -2.11. The molecular weight excluding hydrogens is 318 g/mol. The molecular formula is C15H15N3O6. The Morgan fingerprint density at radius 2 is 1.50 bits per heavy atom. The zero-order valence-electron chi connectivity index (χ0n) is 13.5. The molecule has 0 aliphatic heterocycles. The molecule has 0 saturated heterocycles. The van der Waals surface area contributed by atoms with Crippen LogP contribution in [-0.2, 0) is 4.74 Å². The second-order valence-electron chi connectivity index (χ2n) is 4.42. The number of aromatic nitrogens is 3. The molecule has 0 fully saturated rings. The fourth-order valence-electron chi connectivity index (χ4n) is 1.87. The van der Waals surface area contributed by atoms with Crippen LogP contribution in [0.4, 0.5) is 0 Å². The van der Waals surface area contributed by atoms with Crippen LogP contribution >= 0.6 is 0 Å². The van der Waals surface area contributed by atoms with E-state index in [2.05, 4.69) is 15.0 Å². The van der Waals surface area contributed by atoms with Crippen LogP contribution in [0.5, 0.6) is 23.8 Å². The van der Waals surface area contributed by atoms with Crippen molar-refractivity contribution in [3.63, 3.8) is 0 Å². The maximum Gasteiger partial charge on any atom is 0.342 e. The molecule has 0 atom stereocenters. The monoisotopic (exact) mass is 333 g/mol. The molecule has 0 aliphatic rings. The second kappa shape index (κ2) is 7.36. The SMILES string of the molecule is COC(=O)c1c(Oc2nc(OC)nc(OC)n2)cccc1C(C)=O. The molecule has 1 aromatic heterocycles. The average Bonchev–Trinajstić information content (AvgIpc) is 2.60. The lowest BCUT2D eigenvalue weighted by atomic mass is 10.0. The number of carbonyl (C=O) groups excluding carboxylic acids is 2. The fraction of sp³-hybridized carbons (Fsp3) is 0.267. The first kappa shape index (κ1) is 17.1. The Bertz CT molecular complexity index is 756. The quantitative estimate of drug-likeness (QED) is 0.575. The highest BCUT2D eigenvalue weighted by atomic mass is 16.5. The van der Waals surface area contributed by atoms with E-state index < -0.39 is 5.97 Å². The number of methoxy groups -OCH3 is 3. The average molecular weight is 333 g/mol. The Kier molecular flexibility index (Phi) is 5.25. The van der Waals surface area contributed by atoms with Gasteiger partial charge < -0.3 is 18.9 Å². The van der Waals surface area contributed by atoms with Gasteiger partial charge in [-0.1, -0.05) is 12.1 Å². The minimum atomic E-state index is -0.719. The fourth-order valence-corrected chi connectivity index (χ4v) is 1.87. The summed E-state index contributed by atoms with van der Waals surface area (Å²) in [4.78, 5) is 35.5. The molecule has 0 N–H and O–H groups in total. The molecule has 1 aromatic carbocycles. The largest absolute Gasteiger partial charge is 0.467 e. The van der Waals surface area contributed by atoms with E-state index >= 15 is 0 Å². The van der Waals surface area contributed by atoms with Crippen molar-refractivity contribution in [3.8, 4) is 23.8 Å². The normalized spacial score (nSPS) is 10.0. The van der Waals surface area contributed by atoms with Gasteiger partial charge in [0.2, 0.25) is 0 Å². The summed E-state index contributed by atoms with van der Waals surface area (Å²) < 4.78 is 20.1. The molecule has 0 radical (unpaired) electrons. The van der Waals surface area contributed by atoms with Crippen molar-refractivity contribution in [1.82, 2.24) is 15.0 Å². The van der Waals surface area contributed by atoms with E-state index in [-0.39, 0.29) is 40.7 Å². The molecule has 0 bridgehead atoms. The first-order valence-electron chi connectivity index (χ1n) is 6.74. The van der Waals surface area contributed by atoms with Crippen LogP contribution in [0.3, 0.4) is 0 Å². The minimum absolute atomic E-state index is 0.0224. The Morgan fingerprint density at radius 3 is 2.00 bits per heavy atom. The van der Waals surface area contributed by atoms with Crippen molar-refractivity contribution in [2.75, 3.05) is 21.3 Å². The van der Waals surface area contributed by atoms with E-state index in [1.165, 1.54) is 40.4 Å². The van der Waals surface area contributed by atoms with E-state index in [4.69, 9.17) is 18.9 Å². The molecule has 2 rings (SSSR count). The van der Waals surface area contributed by atoms with Crippen LogP contribution in [-0.4, -0.2) is 48.0 Å². The molecule has 9 heteroatoms. The summed E-state index contributed by atoms with van der Waals surface area (Å²) in [6.45, 7) is 1.33. The van der Waals surface area contributed by atoms with Crippen LogP contribution < -0.4 is 14.2 Å². The van der Waals surface area contributed by atoms with Crippen LogP contribution in [0.2, 0.25) is 0 Å². The summed E-state index contributed by atoms with van der Waals surface area (Å²) in [6.07, 6.45) is 0. The lowest BCUT2D eigenvalue weighted by Gasteiger charge is -2.12. The summed E-state index contributed by atoms with van der Waals surface area (Å²) in [6, 6.07) is 4.33. The van der Waals surface area contributed by atoms with E-state index in [9.17, 15) is 9.59 Å². The van der Waals surface area contributed by atoms with Gasteiger partial charge in [-0.25, -0.2) is 4.79 Å². The number of carbonyl (C=O) groups is 2. The standard InChI is InChI=1S/C15H15N3O6/c1-8(19)9-6-5-7-10(11(9)12(20)21-2)24-15-17-13(22-3)16-14(18-15)23-4/h5-7H,1-4H3. The first-order chi connectivity index (χ1) is 11.5. The highest BCUT2D eigenvalue weighted by molar-refractivity contribution is 6.07. The number of esters is 1. The number of ether oxygens (including phenoxy) is 4. The lowest BCUT2D eigenvalue weighted by molar-refractivity contribution is 0.0594. The zero-order chi connectivity index (χ0) is 17.7. The first-order valence-corrected chi connectivity index (χ1v) is 6.74. The smallest absolute Gasteiger partial charge is 0.342 e. The van der Waals surface area contributed by atoms with Crippen LogP contribution in [0, 0.1) is 0 Å². The third-order valence-electron chi connectivity index (χ3n) is 2.94. The van der Waals surface area contributed by atoms with Gasteiger partial charge in [0.15, 0.2) is 5.78 Å². The van der Waals surface area contributed by atoms with Crippen LogP contribution in [0.25, 0.3) is 0 Å². The van der Waals surface area contributed by atoms with Gasteiger partial charge in [0.25, 0.3) is 0 Å². The topological polar surface area (TPSA) is 110 Å². The molecule has 1 heterocycles. The summed E-state index contributed by atoms with van der Waals surface area (Å²) >= 11 is 0. The van der Waals surface area contributed by atoms with E-state index in [1.54, 1.807) is 6.07 Å². The van der Waals surface area contributed by atoms with E-state index in [1.807, 2.05) is 0 Å². The zero-order valence-corrected chi connectivity index (χ0v) is 13.5. The Hall–Kier alpha value is -3.23. The third-order valence-corrected chi connectivity index (χ3v) is 2.94. The molecule has 0 spiro atoms. The molecule has 0 aliphatic carbocycles. The molecule has 0 saturated carbocycles. The molecule has 2 aromatic rings. The van der Waals surface area contributed by atoms with Crippen molar-refractivity contribution >= 4 is 11.8 Å². The van der Waals surface area contributed by atoms with E-state index in [0.29, 0.717) is 0 Å². The van der Waals surface area contributed by atoms with Gasteiger partial charge in [0.05, 0.1) is 21.3 Å². The van der Waals surface area contributed by atoms with Gasteiger partial charge in [-0.2, -0.15) is 0 Å². The number of Topliss-reactive ketones (excluding diaryl/α,β-unsaturated/α-hetero) is 1. The highest BCUT2D eigenvalue weighted by Gasteiger charge is 2.22. The summed E-state index contributed by atoms with van der Waals surface area (Å²) in [7, 11) is 3.95. The highest BCUT2D eigenvalue weighted by Crippen LogP contribution is 2.28. The third kappa shape index (κ3) is 3.57. The maximum atomic E-state index is 12.0. The summed E-state index contributed by atoms with van der Waals surface area (Å²) in [5, 5.41) is 0. The second-order valence-corrected chi connectivity index (χ2v) is 4.42. The molecule has 0 unspecified atom stereocenters. The van der Waals surface area contributed by atoms with Crippen molar-refractivity contribution in [2.24, 2.45) is 0 Å². The molecule has 126 valence electrons. The van der Waals surface area contributed by atoms with Gasteiger partial charge in [-0.3, -0.25) is 4.79 Å². The van der Waals surface area contributed by atoms with Gasteiger partial charge in [-0.15, -0.1) is 15.0 Å². The predicted octanol–water partition coefficient (Wildman–Crippen LogP) is 1.67. The van der Waals surface area contributed by atoms with Crippen molar-refractivity contribution in [1.29, 1.82) is 0 Å². The Morgan fingerprint density at radius 1 is 0.917 bits per heavy atom. The number of hydrogen-bond acceptors (Lipinski definition) is 9. The molecule has 24 heavy (non-hydrogen) atoms. The number of rotatable bonds is 6. The Balaban J connectivity index is 2.52. The number of nitrogens with zero attached hydrogens (tertiary/aromatic N) is 3.